The number of nitrogens with one attached hydrogen (secondary N) is 2. The molecule has 0 unspecified atom stereocenters. The highest BCUT2D eigenvalue weighted by Gasteiger charge is 2.17. The van der Waals surface area contributed by atoms with E-state index in [4.69, 9.17) is 15.2 Å². The molecule has 1 aromatic carbocycles. The highest BCUT2D eigenvalue weighted by atomic mass is 16.5. The van der Waals surface area contributed by atoms with Crippen molar-refractivity contribution in [2.24, 2.45) is 0 Å². The van der Waals surface area contributed by atoms with Crippen molar-refractivity contribution in [1.82, 2.24) is 10.2 Å². The van der Waals surface area contributed by atoms with E-state index in [1.54, 1.807) is 25.3 Å². The van der Waals surface area contributed by atoms with E-state index in [-0.39, 0.29) is 11.6 Å². The van der Waals surface area contributed by atoms with Crippen molar-refractivity contribution >= 4 is 17.3 Å². The Labute approximate surface area is 122 Å². The topological polar surface area (TPSA) is 102 Å². The molecule has 2 aromatic rings. The van der Waals surface area contributed by atoms with E-state index in [9.17, 15) is 4.79 Å². The Hall–Kier alpha value is -2.70. The molecule has 0 aliphatic rings. The lowest BCUT2D eigenvalue weighted by Crippen LogP contribution is -2.14. The van der Waals surface area contributed by atoms with Crippen LogP contribution in [-0.2, 0) is 6.42 Å². The third-order valence-electron chi connectivity index (χ3n) is 3.09. The van der Waals surface area contributed by atoms with Crippen LogP contribution >= 0.6 is 0 Å². The molecule has 4 N–H and O–H groups in total. The Morgan fingerprint density at radius 3 is 2.62 bits per heavy atom. The van der Waals surface area contributed by atoms with Gasteiger partial charge in [0.2, 0.25) is 0 Å². The summed E-state index contributed by atoms with van der Waals surface area (Å²) in [6, 6.07) is 5.09. The first kappa shape index (κ1) is 14.7. The van der Waals surface area contributed by atoms with Gasteiger partial charge >= 0.3 is 0 Å². The van der Waals surface area contributed by atoms with Gasteiger partial charge in [0.1, 0.15) is 0 Å². The van der Waals surface area contributed by atoms with Crippen molar-refractivity contribution < 1.29 is 14.3 Å². The van der Waals surface area contributed by atoms with Crippen LogP contribution in [0, 0.1) is 0 Å². The molecule has 2 rings (SSSR count). The van der Waals surface area contributed by atoms with Crippen molar-refractivity contribution in [3.63, 3.8) is 0 Å². The average Bonchev–Trinajstić information content (AvgIpc) is 2.88. The number of hydrogen-bond acceptors (Lipinski definition) is 5. The number of carbonyl (C=O) groups is 1. The van der Waals surface area contributed by atoms with Crippen LogP contribution in [0.15, 0.2) is 18.2 Å². The number of anilines is 2. The fourth-order valence-electron chi connectivity index (χ4n) is 1.93. The number of ether oxygens (including phenoxy) is 2. The second kappa shape index (κ2) is 6.17. The zero-order valence-electron chi connectivity index (χ0n) is 12.2. The molecule has 1 amide bonds. The molecule has 7 heteroatoms. The van der Waals surface area contributed by atoms with Gasteiger partial charge < -0.3 is 20.5 Å². The van der Waals surface area contributed by atoms with Gasteiger partial charge in [-0.1, -0.05) is 6.92 Å². The van der Waals surface area contributed by atoms with Gasteiger partial charge in [0.15, 0.2) is 17.2 Å². The number of hydrogen-bond donors (Lipinski definition) is 3. The number of carbonyl (C=O) groups excluding carboxylic acids is 1. The third kappa shape index (κ3) is 2.91. The number of nitrogens with two attached hydrogens (primary N) is 1. The predicted octanol–water partition coefficient (Wildman–Crippen LogP) is 1.82. The molecule has 112 valence electrons. The minimum Gasteiger partial charge on any atom is -0.493 e. The lowest BCUT2D eigenvalue weighted by atomic mass is 10.2. The Morgan fingerprint density at radius 2 is 2.05 bits per heavy atom. The van der Waals surface area contributed by atoms with Crippen molar-refractivity contribution in [2.75, 3.05) is 25.3 Å². The lowest BCUT2D eigenvalue weighted by molar-refractivity contribution is 0.102. The monoisotopic (exact) mass is 290 g/mol. The van der Waals surface area contributed by atoms with E-state index in [2.05, 4.69) is 15.5 Å². The van der Waals surface area contributed by atoms with Gasteiger partial charge in [-0.25, -0.2) is 0 Å². The molecule has 0 fully saturated rings. The van der Waals surface area contributed by atoms with E-state index >= 15 is 0 Å². The highest BCUT2D eigenvalue weighted by Crippen LogP contribution is 2.30. The van der Waals surface area contributed by atoms with Crippen LogP contribution in [0.2, 0.25) is 0 Å². The molecular weight excluding hydrogens is 272 g/mol. The lowest BCUT2D eigenvalue weighted by Gasteiger charge is -2.10. The summed E-state index contributed by atoms with van der Waals surface area (Å²) in [5.74, 6) is 0.735. The largest absolute Gasteiger partial charge is 0.493 e. The van der Waals surface area contributed by atoms with Crippen molar-refractivity contribution in [1.29, 1.82) is 0 Å². The summed E-state index contributed by atoms with van der Waals surface area (Å²) in [7, 11) is 3.08. The first-order valence-electron chi connectivity index (χ1n) is 6.46. The van der Waals surface area contributed by atoms with Crippen LogP contribution in [-0.4, -0.2) is 30.3 Å². The summed E-state index contributed by atoms with van der Waals surface area (Å²) in [6.07, 6.45) is 0.683. The van der Waals surface area contributed by atoms with Gasteiger partial charge in [-0.05, 0) is 18.6 Å². The summed E-state index contributed by atoms with van der Waals surface area (Å²) in [5.41, 5.74) is 7.73. The summed E-state index contributed by atoms with van der Waals surface area (Å²) in [5, 5.41) is 9.42. The van der Waals surface area contributed by atoms with Gasteiger partial charge in [0.25, 0.3) is 5.91 Å². The maximum absolute atomic E-state index is 12.2. The average molecular weight is 290 g/mol. The minimum atomic E-state index is -0.379. The molecule has 0 atom stereocenters. The number of aromatic amines is 1. The summed E-state index contributed by atoms with van der Waals surface area (Å²) in [6.45, 7) is 1.93. The van der Waals surface area contributed by atoms with Crippen molar-refractivity contribution in [3.8, 4) is 11.5 Å². The number of nitrogens with zero attached hydrogens (tertiary/aromatic N) is 1. The van der Waals surface area contributed by atoms with Crippen LogP contribution in [0.25, 0.3) is 0 Å². The molecule has 0 saturated carbocycles. The second-order valence-corrected chi connectivity index (χ2v) is 4.34. The Morgan fingerprint density at radius 1 is 1.33 bits per heavy atom. The van der Waals surface area contributed by atoms with Crippen LogP contribution in [0.1, 0.15) is 23.1 Å². The Balaban J connectivity index is 2.21. The van der Waals surface area contributed by atoms with E-state index in [1.165, 1.54) is 7.11 Å². The SMILES string of the molecule is CCc1[nH]nc(C(=O)Nc2ccc(OC)c(OC)c2)c1N. The maximum Gasteiger partial charge on any atom is 0.278 e. The third-order valence-corrected chi connectivity index (χ3v) is 3.09. The molecular formula is C14H18N4O3. The molecule has 0 aliphatic heterocycles. The first-order valence-corrected chi connectivity index (χ1v) is 6.46. The second-order valence-electron chi connectivity index (χ2n) is 4.34. The molecule has 0 bridgehead atoms. The number of aromatic nitrogens is 2. The fourth-order valence-corrected chi connectivity index (χ4v) is 1.93. The number of aryl methyl sites for hydroxylation is 1. The molecule has 1 aromatic heterocycles. The molecule has 0 saturated heterocycles. The van der Waals surface area contributed by atoms with Gasteiger partial charge in [-0.3, -0.25) is 9.89 Å². The number of methoxy groups -OCH3 is 2. The van der Waals surface area contributed by atoms with Crippen LogP contribution in [0.3, 0.4) is 0 Å². The number of benzene rings is 1. The molecule has 21 heavy (non-hydrogen) atoms. The predicted molar refractivity (Wildman–Crippen MR) is 79.9 cm³/mol. The Bertz CT molecular complexity index is 652. The number of nitrogen functional groups attached to an aromatic ring is 1. The minimum absolute atomic E-state index is 0.182. The standard InChI is InChI=1S/C14H18N4O3/c1-4-9-12(15)13(18-17-9)14(19)16-8-5-6-10(20-2)11(7-8)21-3/h5-7H,4,15H2,1-3H3,(H,16,19)(H,17,18). The van der Waals surface area contributed by atoms with E-state index < -0.39 is 0 Å². The molecule has 1 heterocycles. The zero-order chi connectivity index (χ0) is 15.4. The Kier molecular flexibility index (Phi) is 4.32. The number of rotatable bonds is 5. The van der Waals surface area contributed by atoms with Crippen molar-refractivity contribution in [2.45, 2.75) is 13.3 Å². The maximum atomic E-state index is 12.2. The molecule has 0 radical (unpaired) electrons. The summed E-state index contributed by atoms with van der Waals surface area (Å²) < 4.78 is 10.3. The van der Waals surface area contributed by atoms with Gasteiger partial charge in [-0.2, -0.15) is 5.10 Å². The normalized spacial score (nSPS) is 10.2. The van der Waals surface area contributed by atoms with E-state index in [0.717, 1.165) is 5.69 Å². The zero-order valence-corrected chi connectivity index (χ0v) is 12.2. The molecule has 0 aliphatic carbocycles. The van der Waals surface area contributed by atoms with Gasteiger partial charge in [0, 0.05) is 11.8 Å². The smallest absolute Gasteiger partial charge is 0.278 e. The summed E-state index contributed by atoms with van der Waals surface area (Å²) >= 11 is 0. The van der Waals surface area contributed by atoms with Gasteiger partial charge in [0.05, 0.1) is 25.6 Å². The quantitative estimate of drug-likeness (QED) is 0.779. The van der Waals surface area contributed by atoms with Gasteiger partial charge in [-0.15, -0.1) is 0 Å². The summed E-state index contributed by atoms with van der Waals surface area (Å²) in [4.78, 5) is 12.2. The van der Waals surface area contributed by atoms with Crippen LogP contribution < -0.4 is 20.5 Å². The number of amides is 1. The van der Waals surface area contributed by atoms with Crippen molar-refractivity contribution in [3.05, 3.63) is 29.6 Å². The highest BCUT2D eigenvalue weighted by molar-refractivity contribution is 6.06. The van der Waals surface area contributed by atoms with Crippen LogP contribution in [0.4, 0.5) is 11.4 Å². The first-order chi connectivity index (χ1) is 10.1. The molecule has 7 nitrogen and oxygen atoms in total. The fraction of sp³-hybridized carbons (Fsp3) is 0.286. The van der Waals surface area contributed by atoms with E-state index in [0.29, 0.717) is 29.3 Å². The molecule has 0 spiro atoms. The van der Waals surface area contributed by atoms with Crippen LogP contribution in [0.5, 0.6) is 11.5 Å². The number of H-pyrrole nitrogens is 1. The van der Waals surface area contributed by atoms with E-state index in [1.807, 2.05) is 6.92 Å².